The molecular formula is C19H24ClNO2. The second-order valence-corrected chi connectivity index (χ2v) is 6.25. The molecule has 4 heteroatoms. The summed E-state index contributed by atoms with van der Waals surface area (Å²) in [6.45, 7) is 1.54. The molecule has 3 nitrogen and oxygen atoms in total. The fourth-order valence-electron chi connectivity index (χ4n) is 2.38. The fourth-order valence-corrected chi connectivity index (χ4v) is 2.59. The molecule has 0 fully saturated rings. The quantitative estimate of drug-likeness (QED) is 0.713. The Morgan fingerprint density at radius 3 is 2.52 bits per heavy atom. The smallest absolute Gasteiger partial charge is 0.161 e. The molecule has 0 unspecified atom stereocenters. The van der Waals surface area contributed by atoms with Gasteiger partial charge in [0.05, 0.1) is 7.11 Å². The number of nitrogens with zero attached hydrogens (tertiary/aromatic N) is 1. The third-order valence-corrected chi connectivity index (χ3v) is 3.82. The Hall–Kier alpha value is -1.71. The van der Waals surface area contributed by atoms with Gasteiger partial charge in [-0.2, -0.15) is 0 Å². The highest BCUT2D eigenvalue weighted by Crippen LogP contribution is 2.29. The van der Waals surface area contributed by atoms with Crippen molar-refractivity contribution in [2.24, 2.45) is 0 Å². The van der Waals surface area contributed by atoms with Crippen molar-refractivity contribution >= 4 is 11.6 Å². The van der Waals surface area contributed by atoms with Gasteiger partial charge >= 0.3 is 0 Å². The van der Waals surface area contributed by atoms with Gasteiger partial charge in [0.1, 0.15) is 6.61 Å². The molecule has 2 aromatic carbocycles. The van der Waals surface area contributed by atoms with Crippen LogP contribution in [-0.2, 0) is 13.0 Å². The fraction of sp³-hybridized carbons (Fsp3) is 0.368. The van der Waals surface area contributed by atoms with E-state index in [9.17, 15) is 0 Å². The monoisotopic (exact) mass is 333 g/mol. The Morgan fingerprint density at radius 1 is 1.00 bits per heavy atom. The lowest BCUT2D eigenvalue weighted by Gasteiger charge is -2.13. The number of ether oxygens (including phenoxy) is 2. The number of rotatable bonds is 8. The highest BCUT2D eigenvalue weighted by atomic mass is 35.5. The van der Waals surface area contributed by atoms with Crippen molar-refractivity contribution < 1.29 is 9.47 Å². The van der Waals surface area contributed by atoms with E-state index in [1.165, 1.54) is 5.56 Å². The highest BCUT2D eigenvalue weighted by Gasteiger charge is 2.07. The number of aryl methyl sites for hydroxylation is 1. The molecule has 0 atom stereocenters. The molecule has 0 aliphatic carbocycles. The SMILES string of the molecule is COc1ccc(CCCN(C)C)cc1OCc1cccc(Cl)c1. The van der Waals surface area contributed by atoms with E-state index < -0.39 is 0 Å². The van der Waals surface area contributed by atoms with Crippen molar-refractivity contribution in [2.75, 3.05) is 27.7 Å². The molecule has 23 heavy (non-hydrogen) atoms. The zero-order chi connectivity index (χ0) is 16.7. The minimum absolute atomic E-state index is 0.470. The van der Waals surface area contributed by atoms with Crippen molar-refractivity contribution in [3.8, 4) is 11.5 Å². The number of hydrogen-bond donors (Lipinski definition) is 0. The van der Waals surface area contributed by atoms with Gasteiger partial charge in [-0.3, -0.25) is 0 Å². The zero-order valence-corrected chi connectivity index (χ0v) is 14.8. The summed E-state index contributed by atoms with van der Waals surface area (Å²) in [5.74, 6) is 1.53. The van der Waals surface area contributed by atoms with Crippen LogP contribution in [0.2, 0.25) is 5.02 Å². The maximum Gasteiger partial charge on any atom is 0.161 e. The molecule has 2 aromatic rings. The van der Waals surface area contributed by atoms with Crippen LogP contribution in [0.1, 0.15) is 17.5 Å². The van der Waals surface area contributed by atoms with Crippen molar-refractivity contribution in [1.82, 2.24) is 4.90 Å². The second kappa shape index (κ2) is 8.80. The molecule has 0 heterocycles. The largest absolute Gasteiger partial charge is 0.493 e. The van der Waals surface area contributed by atoms with Crippen LogP contribution in [0.25, 0.3) is 0 Å². The van der Waals surface area contributed by atoms with Crippen LogP contribution in [0.15, 0.2) is 42.5 Å². The zero-order valence-electron chi connectivity index (χ0n) is 14.0. The predicted octanol–water partition coefficient (Wildman–Crippen LogP) is 4.42. The van der Waals surface area contributed by atoms with E-state index in [1.807, 2.05) is 30.3 Å². The average molecular weight is 334 g/mol. The van der Waals surface area contributed by atoms with E-state index in [4.69, 9.17) is 21.1 Å². The Balaban J connectivity index is 2.03. The minimum atomic E-state index is 0.470. The van der Waals surface area contributed by atoms with Gasteiger partial charge in [0, 0.05) is 5.02 Å². The molecular weight excluding hydrogens is 310 g/mol. The van der Waals surface area contributed by atoms with Crippen LogP contribution < -0.4 is 9.47 Å². The highest BCUT2D eigenvalue weighted by molar-refractivity contribution is 6.30. The predicted molar refractivity (Wildman–Crippen MR) is 95.7 cm³/mol. The van der Waals surface area contributed by atoms with Gasteiger partial charge in [-0.15, -0.1) is 0 Å². The number of halogens is 1. The minimum Gasteiger partial charge on any atom is -0.493 e. The first-order valence-electron chi connectivity index (χ1n) is 7.77. The van der Waals surface area contributed by atoms with Crippen LogP contribution in [0.3, 0.4) is 0 Å². The molecule has 0 N–H and O–H groups in total. The lowest BCUT2D eigenvalue weighted by molar-refractivity contribution is 0.284. The number of methoxy groups -OCH3 is 1. The van der Waals surface area contributed by atoms with Crippen molar-refractivity contribution in [2.45, 2.75) is 19.4 Å². The summed E-state index contributed by atoms with van der Waals surface area (Å²) < 4.78 is 11.3. The molecule has 0 bridgehead atoms. The normalized spacial score (nSPS) is 10.8. The maximum absolute atomic E-state index is 6.01. The Bertz CT molecular complexity index is 629. The van der Waals surface area contributed by atoms with Crippen LogP contribution in [-0.4, -0.2) is 32.6 Å². The Morgan fingerprint density at radius 2 is 1.83 bits per heavy atom. The van der Waals surface area contributed by atoms with Crippen molar-refractivity contribution in [3.05, 3.63) is 58.6 Å². The maximum atomic E-state index is 6.01. The Kier molecular flexibility index (Phi) is 6.75. The molecule has 0 aliphatic rings. The summed E-state index contributed by atoms with van der Waals surface area (Å²) >= 11 is 6.01. The van der Waals surface area contributed by atoms with E-state index in [-0.39, 0.29) is 0 Å². The third kappa shape index (κ3) is 5.77. The van der Waals surface area contributed by atoms with Crippen LogP contribution in [0, 0.1) is 0 Å². The molecule has 124 valence electrons. The van der Waals surface area contributed by atoms with Gasteiger partial charge < -0.3 is 14.4 Å². The average Bonchev–Trinajstić information content (AvgIpc) is 2.53. The molecule has 0 aliphatic heterocycles. The Labute approximate surface area is 143 Å². The van der Waals surface area contributed by atoms with E-state index in [1.54, 1.807) is 7.11 Å². The van der Waals surface area contributed by atoms with Crippen LogP contribution in [0.4, 0.5) is 0 Å². The lowest BCUT2D eigenvalue weighted by atomic mass is 10.1. The van der Waals surface area contributed by atoms with E-state index in [0.717, 1.165) is 41.5 Å². The van der Waals surface area contributed by atoms with Gasteiger partial charge in [-0.1, -0.05) is 29.8 Å². The summed E-state index contributed by atoms with van der Waals surface area (Å²) in [5.41, 5.74) is 2.30. The molecule has 0 aromatic heterocycles. The summed E-state index contributed by atoms with van der Waals surface area (Å²) in [5, 5.41) is 0.718. The molecule has 0 spiro atoms. The van der Waals surface area contributed by atoms with E-state index in [0.29, 0.717) is 6.61 Å². The van der Waals surface area contributed by atoms with E-state index >= 15 is 0 Å². The first kappa shape index (κ1) is 17.6. The van der Waals surface area contributed by atoms with Gasteiger partial charge in [0.2, 0.25) is 0 Å². The molecule has 0 saturated carbocycles. The molecule has 0 saturated heterocycles. The van der Waals surface area contributed by atoms with Crippen LogP contribution in [0.5, 0.6) is 11.5 Å². The van der Waals surface area contributed by atoms with Gasteiger partial charge in [-0.25, -0.2) is 0 Å². The summed E-state index contributed by atoms with van der Waals surface area (Å²) in [6, 6.07) is 13.8. The lowest BCUT2D eigenvalue weighted by Crippen LogP contribution is -2.13. The van der Waals surface area contributed by atoms with E-state index in [2.05, 4.69) is 31.1 Å². The van der Waals surface area contributed by atoms with Crippen molar-refractivity contribution in [3.63, 3.8) is 0 Å². The second-order valence-electron chi connectivity index (χ2n) is 5.81. The number of benzene rings is 2. The van der Waals surface area contributed by atoms with Gasteiger partial charge in [0.15, 0.2) is 11.5 Å². The standard InChI is InChI=1S/C19H24ClNO2/c1-21(2)11-5-7-15-9-10-18(22-3)19(13-15)23-14-16-6-4-8-17(20)12-16/h4,6,8-10,12-13H,5,7,11,14H2,1-3H3. The molecule has 0 amide bonds. The van der Waals surface area contributed by atoms with Crippen LogP contribution >= 0.6 is 11.6 Å². The summed E-state index contributed by atoms with van der Waals surface area (Å²) in [4.78, 5) is 2.19. The summed E-state index contributed by atoms with van der Waals surface area (Å²) in [6.07, 6.45) is 2.14. The topological polar surface area (TPSA) is 21.7 Å². The third-order valence-electron chi connectivity index (χ3n) is 3.58. The number of hydrogen-bond acceptors (Lipinski definition) is 3. The van der Waals surface area contributed by atoms with Gasteiger partial charge in [0.25, 0.3) is 0 Å². The molecule has 2 rings (SSSR count). The first-order chi connectivity index (χ1) is 11.1. The first-order valence-corrected chi connectivity index (χ1v) is 8.15. The van der Waals surface area contributed by atoms with Crippen molar-refractivity contribution in [1.29, 1.82) is 0 Å². The van der Waals surface area contributed by atoms with Gasteiger partial charge in [-0.05, 0) is 68.9 Å². The molecule has 0 radical (unpaired) electrons. The summed E-state index contributed by atoms with van der Waals surface area (Å²) in [7, 11) is 5.84.